The van der Waals surface area contributed by atoms with E-state index in [1.54, 1.807) is 41.8 Å². The molecule has 11 heteroatoms. The first-order valence-corrected chi connectivity index (χ1v) is 11.1. The number of carbonyl (C=O) groups is 2. The molecular formula is C23H17F3N4O3S. The topological polar surface area (TPSA) is 89.2 Å². The van der Waals surface area contributed by atoms with E-state index >= 15 is 0 Å². The van der Waals surface area contributed by atoms with Crippen molar-refractivity contribution in [3.8, 4) is 0 Å². The van der Waals surface area contributed by atoms with E-state index in [1.807, 2.05) is 0 Å². The standard InChI is InChI=1S/C23H17F3N4O3S/c1-12-20(31)27-17-9-13(4-7-19(17)34-12)21(32)29-22-28-16-10-14(23(24,25)26)5-6-18(16)30(22)11-15-3-2-8-33-15/h2-10,12H,11H2,1H3,(H,27,31)(H,28,29,32). The second-order valence-corrected chi connectivity index (χ2v) is 9.10. The number of furan rings is 1. The summed E-state index contributed by atoms with van der Waals surface area (Å²) in [4.78, 5) is 30.1. The number of hydrogen-bond acceptors (Lipinski definition) is 5. The zero-order chi connectivity index (χ0) is 24.0. The van der Waals surface area contributed by atoms with Gasteiger partial charge >= 0.3 is 6.18 Å². The third-order valence-electron chi connectivity index (χ3n) is 5.37. The molecule has 5 rings (SSSR count). The first-order chi connectivity index (χ1) is 16.2. The summed E-state index contributed by atoms with van der Waals surface area (Å²) in [5.74, 6) is -0.0682. The van der Waals surface area contributed by atoms with Gasteiger partial charge in [-0.15, -0.1) is 11.8 Å². The summed E-state index contributed by atoms with van der Waals surface area (Å²) in [6.45, 7) is 1.94. The Morgan fingerprint density at radius 3 is 2.79 bits per heavy atom. The fourth-order valence-electron chi connectivity index (χ4n) is 3.64. The van der Waals surface area contributed by atoms with Gasteiger partial charge in [0.25, 0.3) is 5.91 Å². The SMILES string of the molecule is CC1Sc2ccc(C(=O)Nc3nc4cc(C(F)(F)F)ccc4n3Cc3ccco3)cc2NC1=O. The summed E-state index contributed by atoms with van der Waals surface area (Å²) in [6.07, 6.45) is -3.04. The second-order valence-electron chi connectivity index (χ2n) is 7.72. The number of nitrogens with zero attached hydrogens (tertiary/aromatic N) is 2. The molecule has 7 nitrogen and oxygen atoms in total. The van der Waals surface area contributed by atoms with Crippen molar-refractivity contribution in [1.82, 2.24) is 9.55 Å². The molecule has 2 amide bonds. The van der Waals surface area contributed by atoms with Gasteiger partial charge in [0.2, 0.25) is 11.9 Å². The molecule has 2 aromatic carbocycles. The van der Waals surface area contributed by atoms with Gasteiger partial charge in [0.05, 0.1) is 40.3 Å². The number of thioether (sulfide) groups is 1. The number of fused-ring (bicyclic) bond motifs is 2. The Bertz CT molecular complexity index is 1410. The average Bonchev–Trinajstić information content (AvgIpc) is 3.41. The van der Waals surface area contributed by atoms with Crippen LogP contribution in [0, 0.1) is 0 Å². The Balaban J connectivity index is 1.50. The number of anilines is 2. The molecule has 0 saturated carbocycles. The molecule has 0 saturated heterocycles. The highest BCUT2D eigenvalue weighted by Crippen LogP contribution is 2.36. The molecule has 1 aliphatic heterocycles. The molecule has 34 heavy (non-hydrogen) atoms. The Labute approximate surface area is 195 Å². The molecule has 0 spiro atoms. The molecule has 1 aliphatic rings. The average molecular weight is 486 g/mol. The van der Waals surface area contributed by atoms with Crippen molar-refractivity contribution in [2.24, 2.45) is 0 Å². The third-order valence-corrected chi connectivity index (χ3v) is 6.55. The lowest BCUT2D eigenvalue weighted by Crippen LogP contribution is -2.26. The normalized spacial score (nSPS) is 15.8. The minimum Gasteiger partial charge on any atom is -0.467 e. The van der Waals surface area contributed by atoms with Crippen LogP contribution in [0.4, 0.5) is 24.8 Å². The number of carbonyl (C=O) groups excluding carboxylic acids is 2. The Hall–Kier alpha value is -3.73. The summed E-state index contributed by atoms with van der Waals surface area (Å²) in [5, 5.41) is 5.22. The molecule has 0 fully saturated rings. The minimum absolute atomic E-state index is 0.0699. The summed E-state index contributed by atoms with van der Waals surface area (Å²) in [5.41, 5.74) is 0.446. The van der Waals surface area contributed by atoms with Crippen molar-refractivity contribution in [2.75, 3.05) is 10.6 Å². The molecular weight excluding hydrogens is 469 g/mol. The number of amides is 2. The smallest absolute Gasteiger partial charge is 0.416 e. The predicted octanol–water partition coefficient (Wildman–Crippen LogP) is 5.38. The van der Waals surface area contributed by atoms with Crippen LogP contribution in [-0.2, 0) is 17.5 Å². The number of imidazole rings is 1. The number of alkyl halides is 3. The van der Waals surface area contributed by atoms with Crippen LogP contribution in [0.5, 0.6) is 0 Å². The summed E-state index contributed by atoms with van der Waals surface area (Å²) in [6, 6.07) is 11.6. The van der Waals surface area contributed by atoms with Gasteiger partial charge in [-0.05, 0) is 55.5 Å². The lowest BCUT2D eigenvalue weighted by Gasteiger charge is -2.21. The van der Waals surface area contributed by atoms with Gasteiger partial charge in [0.15, 0.2) is 0 Å². The van der Waals surface area contributed by atoms with Crippen molar-refractivity contribution < 1.29 is 27.2 Å². The van der Waals surface area contributed by atoms with Crippen LogP contribution in [0.2, 0.25) is 0 Å². The molecule has 3 heterocycles. The van der Waals surface area contributed by atoms with Crippen molar-refractivity contribution in [3.63, 3.8) is 0 Å². The summed E-state index contributed by atoms with van der Waals surface area (Å²) in [7, 11) is 0. The van der Waals surface area contributed by atoms with Gasteiger partial charge in [-0.3, -0.25) is 14.9 Å². The van der Waals surface area contributed by atoms with Crippen LogP contribution >= 0.6 is 11.8 Å². The first-order valence-electron chi connectivity index (χ1n) is 10.2. The number of hydrogen-bond donors (Lipinski definition) is 2. The molecule has 0 bridgehead atoms. The van der Waals surface area contributed by atoms with Crippen molar-refractivity contribution in [3.05, 3.63) is 71.7 Å². The van der Waals surface area contributed by atoms with Crippen LogP contribution in [0.3, 0.4) is 0 Å². The molecule has 2 N–H and O–H groups in total. The summed E-state index contributed by atoms with van der Waals surface area (Å²) < 4.78 is 46.5. The van der Waals surface area contributed by atoms with E-state index in [0.29, 0.717) is 17.0 Å². The van der Waals surface area contributed by atoms with E-state index < -0.39 is 17.6 Å². The van der Waals surface area contributed by atoms with Crippen molar-refractivity contribution >= 4 is 46.2 Å². The largest absolute Gasteiger partial charge is 0.467 e. The van der Waals surface area contributed by atoms with Crippen molar-refractivity contribution in [1.29, 1.82) is 0 Å². The molecule has 4 aromatic rings. The predicted molar refractivity (Wildman–Crippen MR) is 121 cm³/mol. The Morgan fingerprint density at radius 1 is 1.24 bits per heavy atom. The Kier molecular flexibility index (Phi) is 5.35. The molecule has 2 aromatic heterocycles. The van der Waals surface area contributed by atoms with E-state index in [9.17, 15) is 22.8 Å². The van der Waals surface area contributed by atoms with Gasteiger partial charge in [-0.2, -0.15) is 13.2 Å². The fourth-order valence-corrected chi connectivity index (χ4v) is 4.57. The van der Waals surface area contributed by atoms with Crippen molar-refractivity contribution in [2.45, 2.75) is 29.8 Å². The number of nitrogens with one attached hydrogen (secondary N) is 2. The molecule has 174 valence electrons. The van der Waals surface area contributed by atoms with E-state index in [1.165, 1.54) is 24.1 Å². The van der Waals surface area contributed by atoms with E-state index in [-0.39, 0.29) is 34.7 Å². The molecule has 1 unspecified atom stereocenters. The van der Waals surface area contributed by atoms with Crippen LogP contribution in [-0.4, -0.2) is 26.6 Å². The van der Waals surface area contributed by atoms with Gasteiger partial charge < -0.3 is 14.3 Å². The Morgan fingerprint density at radius 2 is 2.06 bits per heavy atom. The molecule has 0 aliphatic carbocycles. The van der Waals surface area contributed by atoms with E-state index in [0.717, 1.165) is 17.0 Å². The van der Waals surface area contributed by atoms with Crippen LogP contribution in [0.15, 0.2) is 64.1 Å². The maximum absolute atomic E-state index is 13.2. The van der Waals surface area contributed by atoms with Gasteiger partial charge in [0, 0.05) is 10.5 Å². The monoisotopic (exact) mass is 486 g/mol. The number of rotatable bonds is 4. The van der Waals surface area contributed by atoms with Gasteiger partial charge in [-0.25, -0.2) is 4.98 Å². The number of aromatic nitrogens is 2. The van der Waals surface area contributed by atoms with E-state index in [2.05, 4.69) is 15.6 Å². The third kappa shape index (κ3) is 4.14. The highest BCUT2D eigenvalue weighted by molar-refractivity contribution is 8.00. The second kappa shape index (κ2) is 8.24. The van der Waals surface area contributed by atoms with Crippen LogP contribution < -0.4 is 10.6 Å². The highest BCUT2D eigenvalue weighted by Gasteiger charge is 2.31. The molecule has 0 radical (unpaired) electrons. The zero-order valence-electron chi connectivity index (χ0n) is 17.6. The minimum atomic E-state index is -4.52. The zero-order valence-corrected chi connectivity index (χ0v) is 18.5. The van der Waals surface area contributed by atoms with Crippen LogP contribution in [0.1, 0.15) is 28.6 Å². The maximum atomic E-state index is 13.2. The highest BCUT2D eigenvalue weighted by atomic mass is 32.2. The molecule has 1 atom stereocenters. The lowest BCUT2D eigenvalue weighted by atomic mass is 10.2. The first kappa shape index (κ1) is 22.1. The summed E-state index contributed by atoms with van der Waals surface area (Å²) >= 11 is 1.39. The van der Waals surface area contributed by atoms with E-state index in [4.69, 9.17) is 4.42 Å². The quantitative estimate of drug-likeness (QED) is 0.404. The van der Waals surface area contributed by atoms with Gasteiger partial charge in [0.1, 0.15) is 5.76 Å². The number of halogens is 3. The number of benzene rings is 2. The van der Waals surface area contributed by atoms with Crippen LogP contribution in [0.25, 0.3) is 11.0 Å². The fraction of sp³-hybridized carbons (Fsp3) is 0.174. The van der Waals surface area contributed by atoms with Gasteiger partial charge in [-0.1, -0.05) is 0 Å². The maximum Gasteiger partial charge on any atom is 0.416 e. The lowest BCUT2D eigenvalue weighted by molar-refractivity contribution is -0.137.